The summed E-state index contributed by atoms with van der Waals surface area (Å²) in [6, 6.07) is 11.1. The molecule has 3 aromatic rings. The molecule has 150 valence electrons. The molecule has 1 atom stereocenters. The first kappa shape index (κ1) is 20.2. The van der Waals surface area contributed by atoms with Crippen molar-refractivity contribution >= 4 is 28.4 Å². The van der Waals surface area contributed by atoms with Gasteiger partial charge in [0.25, 0.3) is 5.69 Å². The summed E-state index contributed by atoms with van der Waals surface area (Å²) in [5, 5.41) is 24.5. The van der Waals surface area contributed by atoms with Crippen LogP contribution in [0, 0.1) is 10.1 Å². The van der Waals surface area contributed by atoms with E-state index in [4.69, 9.17) is 0 Å². The van der Waals surface area contributed by atoms with Crippen LogP contribution >= 0.6 is 0 Å². The number of aromatic nitrogens is 2. The number of carboxylic acid groups (broad SMARTS) is 1. The summed E-state index contributed by atoms with van der Waals surface area (Å²) < 4.78 is 0. The largest absolute Gasteiger partial charge is 0.478 e. The molecule has 0 spiro atoms. The van der Waals surface area contributed by atoms with Gasteiger partial charge < -0.3 is 15.3 Å². The number of hydrogen-bond acceptors (Lipinski definition) is 7. The van der Waals surface area contributed by atoms with Gasteiger partial charge in [-0.3, -0.25) is 10.1 Å². The average Bonchev–Trinajstić information content (AvgIpc) is 2.70. The SMILES string of the molecule is CN(C)CCC(Nc1ncnc2c(C(=O)O)cccc12)c1cccc([N+](=O)[O-])c1. The van der Waals surface area contributed by atoms with E-state index in [1.165, 1.54) is 18.5 Å². The van der Waals surface area contributed by atoms with Crippen molar-refractivity contribution in [2.45, 2.75) is 12.5 Å². The van der Waals surface area contributed by atoms with Gasteiger partial charge in [0.1, 0.15) is 12.1 Å². The number of nitrogens with zero attached hydrogens (tertiary/aromatic N) is 4. The number of aromatic carboxylic acids is 1. The molecule has 0 amide bonds. The Bertz CT molecular complexity index is 1050. The third kappa shape index (κ3) is 4.64. The molecule has 0 bridgehead atoms. The maximum absolute atomic E-state index is 11.5. The first-order chi connectivity index (χ1) is 13.9. The van der Waals surface area contributed by atoms with Gasteiger partial charge in [-0.15, -0.1) is 0 Å². The second-order valence-electron chi connectivity index (χ2n) is 6.87. The number of hydrogen-bond donors (Lipinski definition) is 2. The second-order valence-corrected chi connectivity index (χ2v) is 6.87. The zero-order valence-corrected chi connectivity index (χ0v) is 16.1. The van der Waals surface area contributed by atoms with E-state index in [0.29, 0.717) is 23.1 Å². The summed E-state index contributed by atoms with van der Waals surface area (Å²) >= 11 is 0. The van der Waals surface area contributed by atoms with E-state index in [9.17, 15) is 20.0 Å². The lowest BCUT2D eigenvalue weighted by atomic mass is 10.0. The number of carbonyl (C=O) groups is 1. The molecule has 0 saturated carbocycles. The first-order valence-corrected chi connectivity index (χ1v) is 8.99. The molecule has 1 heterocycles. The molecular formula is C20H21N5O4. The normalized spacial score (nSPS) is 12.1. The van der Waals surface area contributed by atoms with Gasteiger partial charge in [0.2, 0.25) is 0 Å². The van der Waals surface area contributed by atoms with Crippen LogP contribution in [-0.2, 0) is 0 Å². The number of para-hydroxylation sites is 1. The number of non-ortho nitro benzene ring substituents is 1. The van der Waals surface area contributed by atoms with Crippen molar-refractivity contribution in [2.24, 2.45) is 0 Å². The maximum atomic E-state index is 11.5. The van der Waals surface area contributed by atoms with Crippen molar-refractivity contribution < 1.29 is 14.8 Å². The van der Waals surface area contributed by atoms with Crippen LogP contribution in [0.15, 0.2) is 48.8 Å². The molecule has 0 aliphatic heterocycles. The van der Waals surface area contributed by atoms with Gasteiger partial charge in [-0.05, 0) is 44.8 Å². The maximum Gasteiger partial charge on any atom is 0.337 e. The third-order valence-electron chi connectivity index (χ3n) is 4.55. The zero-order chi connectivity index (χ0) is 21.0. The predicted molar refractivity (Wildman–Crippen MR) is 109 cm³/mol. The highest BCUT2D eigenvalue weighted by atomic mass is 16.6. The lowest BCUT2D eigenvalue weighted by molar-refractivity contribution is -0.384. The van der Waals surface area contributed by atoms with Crippen molar-refractivity contribution in [3.63, 3.8) is 0 Å². The Morgan fingerprint density at radius 1 is 1.24 bits per heavy atom. The fourth-order valence-electron chi connectivity index (χ4n) is 3.10. The molecule has 0 aliphatic carbocycles. The van der Waals surface area contributed by atoms with Crippen LogP contribution in [0.5, 0.6) is 0 Å². The van der Waals surface area contributed by atoms with Crippen molar-refractivity contribution in [1.82, 2.24) is 14.9 Å². The van der Waals surface area contributed by atoms with E-state index >= 15 is 0 Å². The number of benzene rings is 2. The Morgan fingerprint density at radius 3 is 2.69 bits per heavy atom. The van der Waals surface area contributed by atoms with Crippen molar-refractivity contribution in [1.29, 1.82) is 0 Å². The van der Waals surface area contributed by atoms with Gasteiger partial charge >= 0.3 is 5.97 Å². The van der Waals surface area contributed by atoms with E-state index in [1.54, 1.807) is 24.3 Å². The highest BCUT2D eigenvalue weighted by molar-refractivity contribution is 6.04. The highest BCUT2D eigenvalue weighted by Crippen LogP contribution is 2.29. The molecule has 29 heavy (non-hydrogen) atoms. The van der Waals surface area contributed by atoms with Crippen LogP contribution in [0.1, 0.15) is 28.4 Å². The van der Waals surface area contributed by atoms with Crippen LogP contribution in [0.2, 0.25) is 0 Å². The van der Waals surface area contributed by atoms with Gasteiger partial charge in [0.15, 0.2) is 0 Å². The molecule has 0 fully saturated rings. The van der Waals surface area contributed by atoms with Gasteiger partial charge in [-0.1, -0.05) is 18.2 Å². The standard InChI is InChI=1S/C20H21N5O4/c1-24(2)10-9-17(13-5-3-6-14(11-13)25(28)29)23-19-15-7-4-8-16(20(26)27)18(15)21-12-22-19/h3-8,11-12,17H,9-10H2,1-2H3,(H,26,27)(H,21,22,23). The van der Waals surface area contributed by atoms with E-state index in [1.807, 2.05) is 25.1 Å². The molecule has 1 unspecified atom stereocenters. The van der Waals surface area contributed by atoms with E-state index in [0.717, 1.165) is 12.1 Å². The number of carboxylic acids is 1. The van der Waals surface area contributed by atoms with E-state index < -0.39 is 10.9 Å². The fourth-order valence-corrected chi connectivity index (χ4v) is 3.10. The highest BCUT2D eigenvalue weighted by Gasteiger charge is 2.18. The predicted octanol–water partition coefficient (Wildman–Crippen LogP) is 3.34. The fraction of sp³-hybridized carbons (Fsp3) is 0.250. The van der Waals surface area contributed by atoms with Crippen LogP contribution in [0.3, 0.4) is 0 Å². The average molecular weight is 395 g/mol. The molecule has 2 N–H and O–H groups in total. The summed E-state index contributed by atoms with van der Waals surface area (Å²) in [6.45, 7) is 0.740. The molecule has 2 aromatic carbocycles. The van der Waals surface area contributed by atoms with Crippen LogP contribution < -0.4 is 5.32 Å². The Kier molecular flexibility index (Phi) is 5.99. The van der Waals surface area contributed by atoms with Crippen LogP contribution in [-0.4, -0.2) is 51.5 Å². The third-order valence-corrected chi connectivity index (χ3v) is 4.55. The van der Waals surface area contributed by atoms with Gasteiger partial charge in [-0.2, -0.15) is 0 Å². The molecule has 1 aromatic heterocycles. The van der Waals surface area contributed by atoms with E-state index in [2.05, 4.69) is 15.3 Å². The summed E-state index contributed by atoms with van der Waals surface area (Å²) in [7, 11) is 3.90. The lowest BCUT2D eigenvalue weighted by Gasteiger charge is -2.22. The summed E-state index contributed by atoms with van der Waals surface area (Å²) in [6.07, 6.45) is 1.98. The summed E-state index contributed by atoms with van der Waals surface area (Å²) in [4.78, 5) is 32.7. The summed E-state index contributed by atoms with van der Waals surface area (Å²) in [5.74, 6) is -0.587. The Balaban J connectivity index is 2.02. The molecule has 0 saturated heterocycles. The Hall–Kier alpha value is -3.59. The van der Waals surface area contributed by atoms with Gasteiger partial charge in [-0.25, -0.2) is 14.8 Å². The van der Waals surface area contributed by atoms with Crippen LogP contribution in [0.25, 0.3) is 10.9 Å². The topological polar surface area (TPSA) is 121 Å². The molecule has 3 rings (SSSR count). The number of fused-ring (bicyclic) bond motifs is 1. The van der Waals surface area contributed by atoms with Crippen molar-refractivity contribution in [3.8, 4) is 0 Å². The number of nitro benzene ring substituents is 1. The molecule has 0 radical (unpaired) electrons. The number of nitro groups is 1. The molecule has 9 nitrogen and oxygen atoms in total. The minimum Gasteiger partial charge on any atom is -0.478 e. The van der Waals surface area contributed by atoms with Gasteiger partial charge in [0.05, 0.1) is 22.0 Å². The van der Waals surface area contributed by atoms with Crippen molar-refractivity contribution in [3.05, 3.63) is 70.0 Å². The second kappa shape index (κ2) is 8.61. The quantitative estimate of drug-likeness (QED) is 0.440. The van der Waals surface area contributed by atoms with E-state index in [-0.39, 0.29) is 17.3 Å². The number of anilines is 1. The molecule has 9 heteroatoms. The number of nitrogens with one attached hydrogen (secondary N) is 1. The smallest absolute Gasteiger partial charge is 0.337 e. The van der Waals surface area contributed by atoms with Crippen molar-refractivity contribution in [2.75, 3.05) is 26.0 Å². The Labute approximate surface area is 167 Å². The monoisotopic (exact) mass is 395 g/mol. The minimum atomic E-state index is -1.07. The summed E-state index contributed by atoms with van der Waals surface area (Å²) in [5.41, 5.74) is 1.19. The van der Waals surface area contributed by atoms with Gasteiger partial charge in [0, 0.05) is 17.5 Å². The van der Waals surface area contributed by atoms with Crippen LogP contribution in [0.4, 0.5) is 11.5 Å². The lowest BCUT2D eigenvalue weighted by Crippen LogP contribution is -2.20. The number of rotatable bonds is 8. The Morgan fingerprint density at radius 2 is 2.00 bits per heavy atom. The zero-order valence-electron chi connectivity index (χ0n) is 16.1. The molecule has 0 aliphatic rings. The first-order valence-electron chi connectivity index (χ1n) is 8.99. The molecular weight excluding hydrogens is 374 g/mol. The minimum absolute atomic E-state index is 0.0138.